The summed E-state index contributed by atoms with van der Waals surface area (Å²) in [5.74, 6) is 4.78. The van der Waals surface area contributed by atoms with Crippen molar-refractivity contribution in [2.75, 3.05) is 6.61 Å². The van der Waals surface area contributed by atoms with Crippen molar-refractivity contribution in [3.63, 3.8) is 0 Å². The molecular weight excluding hydrogens is 220 g/mol. The van der Waals surface area contributed by atoms with Crippen LogP contribution in [0.1, 0.15) is 52.4 Å². The van der Waals surface area contributed by atoms with E-state index in [1.54, 1.807) is 0 Å². The molecule has 7 fully saturated rings. The van der Waals surface area contributed by atoms with Crippen molar-refractivity contribution in [3.8, 4) is 0 Å². The van der Waals surface area contributed by atoms with E-state index in [2.05, 4.69) is 13.8 Å². The van der Waals surface area contributed by atoms with Crippen LogP contribution in [-0.2, 0) is 0 Å². The molecule has 0 aromatic rings. The molecule has 7 aliphatic rings. The van der Waals surface area contributed by atoms with Gasteiger partial charge in [-0.1, -0.05) is 13.8 Å². The van der Waals surface area contributed by atoms with E-state index in [4.69, 9.17) is 0 Å². The Morgan fingerprint density at radius 3 is 1.94 bits per heavy atom. The van der Waals surface area contributed by atoms with E-state index in [1.807, 2.05) is 0 Å². The Morgan fingerprint density at radius 2 is 1.39 bits per heavy atom. The van der Waals surface area contributed by atoms with Gasteiger partial charge in [-0.15, -0.1) is 0 Å². The fourth-order valence-corrected chi connectivity index (χ4v) is 8.24. The van der Waals surface area contributed by atoms with Gasteiger partial charge in [0.25, 0.3) is 0 Å². The Kier molecular flexibility index (Phi) is 1.61. The smallest absolute Gasteiger partial charge is 0.0493 e. The molecule has 0 saturated heterocycles. The lowest BCUT2D eigenvalue weighted by Gasteiger charge is -2.78. The van der Waals surface area contributed by atoms with E-state index in [1.165, 1.54) is 38.5 Å². The van der Waals surface area contributed by atoms with Crippen LogP contribution in [0.15, 0.2) is 0 Å². The van der Waals surface area contributed by atoms with Gasteiger partial charge < -0.3 is 5.11 Å². The molecule has 100 valence electrons. The average molecular weight is 246 g/mol. The largest absolute Gasteiger partial charge is 0.396 e. The zero-order valence-electron chi connectivity index (χ0n) is 11.8. The topological polar surface area (TPSA) is 20.2 Å². The van der Waals surface area contributed by atoms with E-state index >= 15 is 0 Å². The van der Waals surface area contributed by atoms with E-state index in [0.29, 0.717) is 22.9 Å². The lowest BCUT2D eigenvalue weighted by atomic mass is 9.27. The molecular formula is C17H26O. The molecule has 0 heterocycles. The maximum atomic E-state index is 10.2. The fourth-order valence-electron chi connectivity index (χ4n) is 8.24. The van der Waals surface area contributed by atoms with Crippen molar-refractivity contribution < 1.29 is 5.11 Å². The van der Waals surface area contributed by atoms with Crippen LogP contribution in [0.4, 0.5) is 0 Å². The molecule has 18 heavy (non-hydrogen) atoms. The molecule has 7 aliphatic carbocycles. The second-order valence-electron chi connectivity index (χ2n) is 9.41. The summed E-state index contributed by atoms with van der Waals surface area (Å²) in [4.78, 5) is 0. The van der Waals surface area contributed by atoms with Gasteiger partial charge in [0.05, 0.1) is 0 Å². The maximum absolute atomic E-state index is 10.2. The van der Waals surface area contributed by atoms with Gasteiger partial charge in [-0.05, 0) is 78.9 Å². The Bertz CT molecular complexity index is 401. The summed E-state index contributed by atoms with van der Waals surface area (Å²) in [5.41, 5.74) is 1.60. The molecule has 0 radical (unpaired) electrons. The third-order valence-corrected chi connectivity index (χ3v) is 8.27. The van der Waals surface area contributed by atoms with Crippen LogP contribution in [0.25, 0.3) is 0 Å². The quantitative estimate of drug-likeness (QED) is 0.751. The molecule has 0 aromatic heterocycles. The Balaban J connectivity index is 1.71. The minimum atomic E-state index is 0.358. The second-order valence-corrected chi connectivity index (χ2v) is 9.41. The summed E-state index contributed by atoms with van der Waals surface area (Å²) < 4.78 is 0. The van der Waals surface area contributed by atoms with Crippen LogP contribution in [0.2, 0.25) is 0 Å². The van der Waals surface area contributed by atoms with Crippen LogP contribution >= 0.6 is 0 Å². The number of hydrogen-bond donors (Lipinski definition) is 1. The normalized spacial score (nSPS) is 71.2. The first-order valence-electron chi connectivity index (χ1n) is 8.10. The van der Waals surface area contributed by atoms with Gasteiger partial charge in [0.1, 0.15) is 0 Å². The highest BCUT2D eigenvalue weighted by Crippen LogP contribution is 2.80. The first kappa shape index (κ1) is 10.7. The Labute approximate surface area is 110 Å². The van der Waals surface area contributed by atoms with Crippen molar-refractivity contribution in [2.24, 2.45) is 45.8 Å². The Morgan fingerprint density at radius 1 is 0.833 bits per heavy atom. The van der Waals surface area contributed by atoms with E-state index in [9.17, 15) is 5.11 Å². The van der Waals surface area contributed by atoms with Crippen LogP contribution < -0.4 is 0 Å². The summed E-state index contributed by atoms with van der Waals surface area (Å²) in [6.07, 6.45) is 8.73. The van der Waals surface area contributed by atoms with Gasteiger partial charge >= 0.3 is 0 Å². The van der Waals surface area contributed by atoms with Crippen LogP contribution in [0.5, 0.6) is 0 Å². The molecule has 4 unspecified atom stereocenters. The molecule has 0 aliphatic heterocycles. The molecule has 8 bridgehead atoms. The third-order valence-electron chi connectivity index (χ3n) is 8.27. The lowest BCUT2D eigenvalue weighted by Crippen LogP contribution is -2.72. The number of aliphatic hydroxyl groups excluding tert-OH is 1. The summed E-state index contributed by atoms with van der Waals surface area (Å²) in [7, 11) is 0. The summed E-state index contributed by atoms with van der Waals surface area (Å²) in [5, 5.41) is 10.2. The minimum Gasteiger partial charge on any atom is -0.396 e. The molecule has 7 rings (SSSR count). The summed E-state index contributed by atoms with van der Waals surface area (Å²) in [6.45, 7) is 5.58. The van der Waals surface area contributed by atoms with Crippen molar-refractivity contribution in [1.82, 2.24) is 0 Å². The molecule has 1 heteroatoms. The van der Waals surface area contributed by atoms with E-state index < -0.39 is 0 Å². The van der Waals surface area contributed by atoms with Crippen molar-refractivity contribution in [3.05, 3.63) is 0 Å². The van der Waals surface area contributed by atoms with Gasteiger partial charge in [0.15, 0.2) is 0 Å². The number of rotatable bonds is 1. The van der Waals surface area contributed by atoms with E-state index in [0.717, 1.165) is 29.6 Å². The first-order valence-corrected chi connectivity index (χ1v) is 8.10. The van der Waals surface area contributed by atoms with Gasteiger partial charge in [-0.2, -0.15) is 0 Å². The fraction of sp³-hybridized carbons (Fsp3) is 1.00. The number of hydrogen-bond acceptors (Lipinski definition) is 1. The highest BCUT2D eigenvalue weighted by molar-refractivity contribution is 5.22. The van der Waals surface area contributed by atoms with Gasteiger partial charge in [0.2, 0.25) is 0 Å². The monoisotopic (exact) mass is 246 g/mol. The SMILES string of the molecule is CC12CC3C4CC5(C)CC3C(C1)C(CO)(C5)C4C2. The number of aliphatic hydroxyl groups is 1. The summed E-state index contributed by atoms with van der Waals surface area (Å²) in [6, 6.07) is 0. The predicted molar refractivity (Wildman–Crippen MR) is 70.9 cm³/mol. The minimum absolute atomic E-state index is 0.358. The molecule has 4 atom stereocenters. The Hall–Kier alpha value is -0.0400. The summed E-state index contributed by atoms with van der Waals surface area (Å²) >= 11 is 0. The molecule has 7 saturated carbocycles. The lowest BCUT2D eigenvalue weighted by molar-refractivity contribution is -0.304. The zero-order chi connectivity index (χ0) is 12.3. The van der Waals surface area contributed by atoms with Crippen LogP contribution in [0.3, 0.4) is 0 Å². The highest BCUT2D eigenvalue weighted by Gasteiger charge is 2.73. The highest BCUT2D eigenvalue weighted by atomic mass is 16.3. The van der Waals surface area contributed by atoms with Crippen molar-refractivity contribution >= 4 is 0 Å². The second kappa shape index (κ2) is 2.71. The van der Waals surface area contributed by atoms with Crippen LogP contribution in [-0.4, -0.2) is 11.7 Å². The maximum Gasteiger partial charge on any atom is 0.0493 e. The van der Waals surface area contributed by atoms with Gasteiger partial charge in [-0.25, -0.2) is 0 Å². The molecule has 0 spiro atoms. The average Bonchev–Trinajstić information content (AvgIpc) is 2.33. The third kappa shape index (κ3) is 0.930. The van der Waals surface area contributed by atoms with Crippen molar-refractivity contribution in [2.45, 2.75) is 52.4 Å². The van der Waals surface area contributed by atoms with Gasteiger partial charge in [0, 0.05) is 12.0 Å². The zero-order valence-corrected chi connectivity index (χ0v) is 11.8. The standard InChI is InChI=1S/C17H26O/c1-15-3-10-11-4-16(2)5-12(10)14(7-15)17(8-16,9-18)13(11)6-15/h10-14,18H,3-9H2,1-2H3. The molecule has 1 nitrogen and oxygen atoms in total. The van der Waals surface area contributed by atoms with E-state index in [-0.39, 0.29) is 0 Å². The van der Waals surface area contributed by atoms with Crippen LogP contribution in [0, 0.1) is 45.8 Å². The van der Waals surface area contributed by atoms with Gasteiger partial charge in [-0.3, -0.25) is 0 Å². The molecule has 1 N–H and O–H groups in total. The molecule has 0 amide bonds. The first-order chi connectivity index (χ1) is 8.49. The predicted octanol–water partition coefficient (Wildman–Crippen LogP) is 3.47. The molecule has 0 aromatic carbocycles. The van der Waals surface area contributed by atoms with Crippen molar-refractivity contribution in [1.29, 1.82) is 0 Å².